The second kappa shape index (κ2) is 6.01. The van der Waals surface area contributed by atoms with Gasteiger partial charge < -0.3 is 10.1 Å². The average Bonchev–Trinajstić information content (AvgIpc) is 2.23. The molecule has 3 heteroatoms. The van der Waals surface area contributed by atoms with Crippen LogP contribution < -0.4 is 10.1 Å². The highest BCUT2D eigenvalue weighted by atomic mass is 16.5. The Bertz CT molecular complexity index is 342. The maximum atomic E-state index is 5.78. The summed E-state index contributed by atoms with van der Waals surface area (Å²) < 4.78 is 5.78. The van der Waals surface area contributed by atoms with Crippen LogP contribution in [0.4, 0.5) is 0 Å². The molecule has 1 heterocycles. The fourth-order valence-corrected chi connectivity index (χ4v) is 1.30. The zero-order valence-corrected chi connectivity index (χ0v) is 11.6. The van der Waals surface area contributed by atoms with Gasteiger partial charge in [-0.05, 0) is 32.8 Å². The van der Waals surface area contributed by atoms with Crippen LogP contribution in [0.5, 0.6) is 5.75 Å². The lowest BCUT2D eigenvalue weighted by molar-refractivity contribution is 0.266. The summed E-state index contributed by atoms with van der Waals surface area (Å²) in [5.74, 6) is 1.47. The summed E-state index contributed by atoms with van der Waals surface area (Å²) in [6.45, 7) is 12.3. The monoisotopic (exact) mass is 236 g/mol. The largest absolute Gasteiger partial charge is 0.493 e. The zero-order valence-electron chi connectivity index (χ0n) is 11.6. The number of pyridine rings is 1. The first kappa shape index (κ1) is 14.0. The van der Waals surface area contributed by atoms with Crippen LogP contribution in [0.1, 0.15) is 40.2 Å². The van der Waals surface area contributed by atoms with E-state index in [-0.39, 0.29) is 5.54 Å². The van der Waals surface area contributed by atoms with Crippen molar-refractivity contribution in [3.8, 4) is 5.75 Å². The number of hydrogen-bond donors (Lipinski definition) is 1. The molecule has 17 heavy (non-hydrogen) atoms. The average molecular weight is 236 g/mol. The molecule has 0 spiro atoms. The van der Waals surface area contributed by atoms with Crippen molar-refractivity contribution in [2.45, 2.75) is 46.7 Å². The van der Waals surface area contributed by atoms with Crippen molar-refractivity contribution >= 4 is 0 Å². The molecule has 0 aliphatic carbocycles. The highest BCUT2D eigenvalue weighted by molar-refractivity contribution is 5.30. The molecule has 0 aromatic carbocycles. The van der Waals surface area contributed by atoms with E-state index in [2.05, 4.69) is 44.9 Å². The minimum Gasteiger partial charge on any atom is -0.493 e. The van der Waals surface area contributed by atoms with E-state index >= 15 is 0 Å². The molecule has 0 saturated heterocycles. The number of ether oxygens (including phenoxy) is 1. The van der Waals surface area contributed by atoms with E-state index in [4.69, 9.17) is 4.74 Å². The lowest BCUT2D eigenvalue weighted by atomic mass is 10.1. The predicted molar refractivity (Wildman–Crippen MR) is 71.2 cm³/mol. The van der Waals surface area contributed by atoms with Crippen molar-refractivity contribution in [1.29, 1.82) is 0 Å². The second-order valence-electron chi connectivity index (χ2n) is 5.79. The molecule has 0 fully saturated rings. The van der Waals surface area contributed by atoms with Crippen LogP contribution in [-0.2, 0) is 6.54 Å². The Labute approximate surface area is 105 Å². The first-order valence-corrected chi connectivity index (χ1v) is 6.19. The van der Waals surface area contributed by atoms with E-state index in [0.29, 0.717) is 5.92 Å². The van der Waals surface area contributed by atoms with E-state index in [0.717, 1.165) is 24.5 Å². The van der Waals surface area contributed by atoms with Gasteiger partial charge >= 0.3 is 0 Å². The number of rotatable bonds is 5. The molecular weight excluding hydrogens is 212 g/mol. The van der Waals surface area contributed by atoms with E-state index in [1.54, 1.807) is 6.20 Å². The summed E-state index contributed by atoms with van der Waals surface area (Å²) in [6, 6.07) is 1.93. The highest BCUT2D eigenvalue weighted by Gasteiger charge is 2.11. The van der Waals surface area contributed by atoms with Gasteiger partial charge in [0.2, 0.25) is 0 Å². The standard InChI is InChI=1S/C14H24N2O/c1-11(2)10-17-13-6-7-15-8-12(13)9-16-14(3,4)5/h6-8,11,16H,9-10H2,1-5H3. The lowest BCUT2D eigenvalue weighted by Crippen LogP contribution is -2.35. The molecule has 1 rings (SSSR count). The first-order valence-electron chi connectivity index (χ1n) is 6.19. The van der Waals surface area contributed by atoms with Gasteiger partial charge in [-0.25, -0.2) is 0 Å². The van der Waals surface area contributed by atoms with Crippen molar-refractivity contribution < 1.29 is 4.74 Å². The summed E-state index contributed by atoms with van der Waals surface area (Å²) >= 11 is 0. The van der Waals surface area contributed by atoms with Gasteiger partial charge in [0.1, 0.15) is 5.75 Å². The minimum atomic E-state index is 0.102. The molecule has 0 bridgehead atoms. The third-order valence-electron chi connectivity index (χ3n) is 2.24. The van der Waals surface area contributed by atoms with Gasteiger partial charge in [-0.3, -0.25) is 4.98 Å². The molecule has 0 radical (unpaired) electrons. The maximum absolute atomic E-state index is 5.78. The summed E-state index contributed by atoms with van der Waals surface area (Å²) in [7, 11) is 0. The summed E-state index contributed by atoms with van der Waals surface area (Å²) in [5, 5.41) is 3.45. The molecule has 0 aliphatic heterocycles. The number of hydrogen-bond acceptors (Lipinski definition) is 3. The van der Waals surface area contributed by atoms with Crippen LogP contribution in [0, 0.1) is 5.92 Å². The van der Waals surface area contributed by atoms with Crippen LogP contribution in [0.15, 0.2) is 18.5 Å². The van der Waals surface area contributed by atoms with Crippen molar-refractivity contribution in [1.82, 2.24) is 10.3 Å². The Kier molecular flexibility index (Phi) is 4.94. The summed E-state index contributed by atoms with van der Waals surface area (Å²) in [5.41, 5.74) is 1.22. The van der Waals surface area contributed by atoms with Gasteiger partial charge in [-0.1, -0.05) is 13.8 Å². The fourth-order valence-electron chi connectivity index (χ4n) is 1.30. The third-order valence-corrected chi connectivity index (χ3v) is 2.24. The lowest BCUT2D eigenvalue weighted by Gasteiger charge is -2.21. The van der Waals surface area contributed by atoms with E-state index < -0.39 is 0 Å². The Morgan fingerprint density at radius 1 is 1.35 bits per heavy atom. The van der Waals surface area contributed by atoms with Crippen LogP contribution in [-0.4, -0.2) is 17.1 Å². The minimum absolute atomic E-state index is 0.102. The Morgan fingerprint density at radius 2 is 2.06 bits per heavy atom. The van der Waals surface area contributed by atoms with Crippen molar-refractivity contribution in [3.05, 3.63) is 24.0 Å². The molecule has 0 atom stereocenters. The SMILES string of the molecule is CC(C)COc1ccncc1CNC(C)(C)C. The molecule has 1 aromatic rings. The van der Waals surface area contributed by atoms with Crippen molar-refractivity contribution in [3.63, 3.8) is 0 Å². The molecule has 3 nitrogen and oxygen atoms in total. The van der Waals surface area contributed by atoms with Gasteiger partial charge in [-0.2, -0.15) is 0 Å². The summed E-state index contributed by atoms with van der Waals surface area (Å²) in [6.07, 6.45) is 3.64. The van der Waals surface area contributed by atoms with E-state index in [1.165, 1.54) is 0 Å². The fraction of sp³-hybridized carbons (Fsp3) is 0.643. The highest BCUT2D eigenvalue weighted by Crippen LogP contribution is 2.18. The van der Waals surface area contributed by atoms with Gasteiger partial charge in [-0.15, -0.1) is 0 Å². The molecule has 0 amide bonds. The van der Waals surface area contributed by atoms with Gasteiger partial charge in [0.25, 0.3) is 0 Å². The molecule has 1 aromatic heterocycles. The van der Waals surface area contributed by atoms with E-state index in [1.807, 2.05) is 12.3 Å². The molecule has 0 saturated carbocycles. The Balaban J connectivity index is 2.64. The molecule has 0 unspecified atom stereocenters. The molecule has 1 N–H and O–H groups in total. The number of nitrogens with zero attached hydrogens (tertiary/aromatic N) is 1. The zero-order chi connectivity index (χ0) is 12.9. The van der Waals surface area contributed by atoms with Crippen LogP contribution in [0.3, 0.4) is 0 Å². The van der Waals surface area contributed by atoms with E-state index in [9.17, 15) is 0 Å². The Morgan fingerprint density at radius 3 is 2.65 bits per heavy atom. The van der Waals surface area contributed by atoms with Crippen molar-refractivity contribution in [2.24, 2.45) is 5.92 Å². The van der Waals surface area contributed by atoms with Gasteiger partial charge in [0.15, 0.2) is 0 Å². The second-order valence-corrected chi connectivity index (χ2v) is 5.79. The van der Waals surface area contributed by atoms with Crippen molar-refractivity contribution in [2.75, 3.05) is 6.61 Å². The van der Waals surface area contributed by atoms with Crippen LogP contribution >= 0.6 is 0 Å². The summed E-state index contributed by atoms with van der Waals surface area (Å²) in [4.78, 5) is 4.15. The maximum Gasteiger partial charge on any atom is 0.126 e. The third kappa shape index (κ3) is 5.68. The van der Waals surface area contributed by atoms with Crippen LogP contribution in [0.25, 0.3) is 0 Å². The Hall–Kier alpha value is -1.09. The number of nitrogens with one attached hydrogen (secondary N) is 1. The number of aromatic nitrogens is 1. The first-order chi connectivity index (χ1) is 7.88. The normalized spacial score (nSPS) is 11.9. The molecule has 96 valence electrons. The van der Waals surface area contributed by atoms with Gasteiger partial charge in [0, 0.05) is 30.0 Å². The van der Waals surface area contributed by atoms with Crippen LogP contribution in [0.2, 0.25) is 0 Å². The molecule has 0 aliphatic rings. The topological polar surface area (TPSA) is 34.1 Å². The predicted octanol–water partition coefficient (Wildman–Crippen LogP) is 3.00. The quantitative estimate of drug-likeness (QED) is 0.853. The smallest absolute Gasteiger partial charge is 0.126 e. The van der Waals surface area contributed by atoms with Gasteiger partial charge in [0.05, 0.1) is 6.61 Å². The molecular formula is C14H24N2O.